The molecule has 5 rings (SSSR count). The van der Waals surface area contributed by atoms with Crippen LogP contribution in [0.4, 0.5) is 0 Å². The van der Waals surface area contributed by atoms with E-state index in [1.54, 1.807) is 37.1 Å². The second-order valence-corrected chi connectivity index (χ2v) is 6.91. The predicted octanol–water partition coefficient (Wildman–Crippen LogP) is 2.29. The van der Waals surface area contributed by atoms with Crippen LogP contribution in [0.5, 0.6) is 0 Å². The van der Waals surface area contributed by atoms with E-state index >= 15 is 0 Å². The number of aryl methyl sites for hydroxylation is 1. The average molecular weight is 400 g/mol. The third kappa shape index (κ3) is 2.67. The summed E-state index contributed by atoms with van der Waals surface area (Å²) in [6, 6.07) is 9.19. The highest BCUT2D eigenvalue weighted by molar-refractivity contribution is 5.83. The zero-order chi connectivity index (χ0) is 20.8. The van der Waals surface area contributed by atoms with Gasteiger partial charge in [0.05, 0.1) is 47.2 Å². The number of para-hydroxylation sites is 1. The molecular weight excluding hydrogens is 384 g/mol. The molecule has 1 aromatic carbocycles. The number of carboxylic acid groups (broad SMARTS) is 1. The first-order chi connectivity index (χ1) is 14.5. The van der Waals surface area contributed by atoms with Gasteiger partial charge in [-0.25, -0.2) is 19.7 Å². The van der Waals surface area contributed by atoms with E-state index in [0.29, 0.717) is 22.5 Å². The molecule has 1 N–H and O–H groups in total. The van der Waals surface area contributed by atoms with Crippen LogP contribution in [-0.4, -0.2) is 39.6 Å². The van der Waals surface area contributed by atoms with Gasteiger partial charge in [-0.3, -0.25) is 13.9 Å². The molecule has 9 heteroatoms. The van der Waals surface area contributed by atoms with Crippen molar-refractivity contribution in [2.24, 2.45) is 0 Å². The van der Waals surface area contributed by atoms with Gasteiger partial charge in [-0.05, 0) is 30.7 Å². The molecule has 0 saturated carbocycles. The molecule has 0 amide bonds. The van der Waals surface area contributed by atoms with E-state index in [0.717, 1.165) is 16.6 Å². The molecule has 0 bridgehead atoms. The van der Waals surface area contributed by atoms with Gasteiger partial charge in [0.2, 0.25) is 0 Å². The lowest BCUT2D eigenvalue weighted by atomic mass is 10.2. The fourth-order valence-corrected chi connectivity index (χ4v) is 3.71. The third-order valence-corrected chi connectivity index (χ3v) is 5.04. The molecule has 0 spiro atoms. The maximum absolute atomic E-state index is 13.1. The van der Waals surface area contributed by atoms with Crippen LogP contribution in [0.1, 0.15) is 5.56 Å². The number of fused-ring (bicyclic) bond motifs is 2. The fraction of sp³-hybridized carbons (Fsp3) is 0.0952. The lowest BCUT2D eigenvalue weighted by Crippen LogP contribution is -2.26. The second kappa shape index (κ2) is 6.66. The van der Waals surface area contributed by atoms with Gasteiger partial charge in [-0.1, -0.05) is 12.1 Å². The average Bonchev–Trinajstić information content (AvgIpc) is 3.32. The summed E-state index contributed by atoms with van der Waals surface area (Å²) >= 11 is 0. The van der Waals surface area contributed by atoms with E-state index in [9.17, 15) is 14.7 Å². The number of aliphatic carboxylic acids is 1. The van der Waals surface area contributed by atoms with Gasteiger partial charge in [0, 0.05) is 11.8 Å². The van der Waals surface area contributed by atoms with Gasteiger partial charge < -0.3 is 9.51 Å². The minimum atomic E-state index is -1.09. The molecule has 4 aromatic heterocycles. The molecule has 0 radical (unpaired) electrons. The van der Waals surface area contributed by atoms with Crippen LogP contribution >= 0.6 is 0 Å². The van der Waals surface area contributed by atoms with E-state index in [1.807, 2.05) is 35.7 Å². The number of hydrogen-bond acceptors (Lipinski definition) is 5. The van der Waals surface area contributed by atoms with Crippen molar-refractivity contribution in [1.82, 2.24) is 28.5 Å². The predicted molar refractivity (Wildman–Crippen MR) is 110 cm³/mol. The number of nitrogens with zero attached hydrogens (tertiary/aromatic N) is 6. The van der Waals surface area contributed by atoms with Crippen molar-refractivity contribution in [3.8, 4) is 17.1 Å². The van der Waals surface area contributed by atoms with Crippen molar-refractivity contribution in [3.05, 3.63) is 77.5 Å². The zero-order valence-corrected chi connectivity index (χ0v) is 15.9. The monoisotopic (exact) mass is 400 g/mol. The van der Waals surface area contributed by atoms with Crippen molar-refractivity contribution < 1.29 is 9.90 Å². The first-order valence-corrected chi connectivity index (χ1v) is 9.21. The van der Waals surface area contributed by atoms with E-state index in [2.05, 4.69) is 15.0 Å². The van der Waals surface area contributed by atoms with Crippen LogP contribution in [0.15, 0.2) is 66.2 Å². The lowest BCUT2D eigenvalue weighted by Gasteiger charge is -2.07. The highest BCUT2D eigenvalue weighted by Gasteiger charge is 2.18. The van der Waals surface area contributed by atoms with Crippen molar-refractivity contribution in [2.75, 3.05) is 0 Å². The number of pyridine rings is 1. The Labute approximate surface area is 169 Å². The Bertz CT molecular complexity index is 1480. The molecule has 0 aliphatic carbocycles. The molecule has 9 nitrogen and oxygen atoms in total. The molecule has 5 aromatic rings. The number of hydrogen-bond donors (Lipinski definition) is 1. The van der Waals surface area contributed by atoms with E-state index in [1.165, 1.54) is 9.13 Å². The van der Waals surface area contributed by atoms with Gasteiger partial charge in [0.1, 0.15) is 6.54 Å². The standard InChI is InChI=1S/C21H16N6O3/c1-13-4-2-6-16-19(13)27(21(30)26(16)11-18(28)29)14-8-23-20(24-9-14)15-5-3-7-25-12-22-10-17(15)25/h2-10,12H,11H2,1H3,(H,28,29). The first kappa shape index (κ1) is 17.8. The second-order valence-electron chi connectivity index (χ2n) is 6.91. The van der Waals surface area contributed by atoms with Gasteiger partial charge in [0.15, 0.2) is 5.82 Å². The van der Waals surface area contributed by atoms with Gasteiger partial charge in [0.25, 0.3) is 0 Å². The molecule has 0 aliphatic heterocycles. The third-order valence-electron chi connectivity index (χ3n) is 5.04. The Kier molecular flexibility index (Phi) is 3.95. The maximum atomic E-state index is 13.1. The largest absolute Gasteiger partial charge is 0.480 e. The van der Waals surface area contributed by atoms with Crippen molar-refractivity contribution in [3.63, 3.8) is 0 Å². The van der Waals surface area contributed by atoms with Crippen LogP contribution in [-0.2, 0) is 11.3 Å². The molecule has 0 atom stereocenters. The zero-order valence-electron chi connectivity index (χ0n) is 15.9. The van der Waals surface area contributed by atoms with Crippen LogP contribution in [0.2, 0.25) is 0 Å². The molecule has 0 aliphatic rings. The summed E-state index contributed by atoms with van der Waals surface area (Å²) in [6.45, 7) is 1.45. The molecule has 148 valence electrons. The number of benzene rings is 1. The smallest absolute Gasteiger partial charge is 0.334 e. The molecule has 0 unspecified atom stereocenters. The Morgan fingerprint density at radius 2 is 1.87 bits per heavy atom. The van der Waals surface area contributed by atoms with Crippen LogP contribution < -0.4 is 5.69 Å². The summed E-state index contributed by atoms with van der Waals surface area (Å²) in [5.74, 6) is -0.581. The molecule has 30 heavy (non-hydrogen) atoms. The lowest BCUT2D eigenvalue weighted by molar-refractivity contribution is -0.137. The van der Waals surface area contributed by atoms with Crippen LogP contribution in [0.25, 0.3) is 33.6 Å². The van der Waals surface area contributed by atoms with Crippen molar-refractivity contribution in [2.45, 2.75) is 13.5 Å². The van der Waals surface area contributed by atoms with Crippen LogP contribution in [0, 0.1) is 6.92 Å². The van der Waals surface area contributed by atoms with Gasteiger partial charge in [-0.15, -0.1) is 0 Å². The summed E-state index contributed by atoms with van der Waals surface area (Å²) in [5.41, 5.74) is 3.74. The summed E-state index contributed by atoms with van der Waals surface area (Å²) in [7, 11) is 0. The Balaban J connectivity index is 1.68. The van der Waals surface area contributed by atoms with Gasteiger partial charge >= 0.3 is 11.7 Å². The number of aromatic nitrogens is 6. The molecular formula is C21H16N6O3. The summed E-state index contributed by atoms with van der Waals surface area (Å²) < 4.78 is 4.57. The van der Waals surface area contributed by atoms with Gasteiger partial charge in [-0.2, -0.15) is 0 Å². The minimum Gasteiger partial charge on any atom is -0.480 e. The van der Waals surface area contributed by atoms with Crippen LogP contribution in [0.3, 0.4) is 0 Å². The molecule has 0 saturated heterocycles. The maximum Gasteiger partial charge on any atom is 0.334 e. The van der Waals surface area contributed by atoms with E-state index in [-0.39, 0.29) is 0 Å². The van der Waals surface area contributed by atoms with Crippen molar-refractivity contribution >= 4 is 22.5 Å². The number of imidazole rings is 2. The van der Waals surface area contributed by atoms with E-state index < -0.39 is 18.2 Å². The Morgan fingerprint density at radius 1 is 1.07 bits per heavy atom. The number of carboxylic acids is 1. The topological polar surface area (TPSA) is 107 Å². The normalized spacial score (nSPS) is 11.4. The summed E-state index contributed by atoms with van der Waals surface area (Å²) in [5, 5.41) is 9.23. The minimum absolute atomic E-state index is 0.423. The highest BCUT2D eigenvalue weighted by atomic mass is 16.4. The number of rotatable bonds is 4. The Hall–Kier alpha value is -4.27. The Morgan fingerprint density at radius 3 is 2.63 bits per heavy atom. The highest BCUT2D eigenvalue weighted by Crippen LogP contribution is 2.23. The van der Waals surface area contributed by atoms with Crippen molar-refractivity contribution in [1.29, 1.82) is 0 Å². The summed E-state index contributed by atoms with van der Waals surface area (Å²) in [4.78, 5) is 37.4. The quantitative estimate of drug-likeness (QED) is 0.496. The molecule has 0 fully saturated rings. The SMILES string of the molecule is Cc1cccc2c1n(-c1cnc(-c3cccn4cncc34)nc1)c(=O)n2CC(=O)O. The first-order valence-electron chi connectivity index (χ1n) is 9.21. The summed E-state index contributed by atoms with van der Waals surface area (Å²) in [6.07, 6.45) is 8.47. The molecule has 4 heterocycles. The fourth-order valence-electron chi connectivity index (χ4n) is 3.71. The number of carbonyl (C=O) groups is 1. The van der Waals surface area contributed by atoms with E-state index in [4.69, 9.17) is 0 Å².